The average molecular weight is 746 g/mol. The molecule has 1 aromatic heterocycles. The van der Waals surface area contributed by atoms with Crippen LogP contribution in [0, 0.1) is 0 Å². The molecule has 3 heteroatoms. The normalized spacial score (nSPS) is 13.9. The highest BCUT2D eigenvalue weighted by atomic mass is 16.5. The maximum absolute atomic E-state index is 6.72. The largest absolute Gasteiger partial charge is 0.457 e. The highest BCUT2D eigenvalue weighted by molar-refractivity contribution is 6.14. The van der Waals surface area contributed by atoms with E-state index in [0.29, 0.717) is 0 Å². The number of fused-ring (bicyclic) bond motifs is 8. The number of rotatable bonds is 6. The summed E-state index contributed by atoms with van der Waals surface area (Å²) in [6, 6.07) is 69.3. The third-order valence-corrected chi connectivity index (χ3v) is 11.7. The minimum Gasteiger partial charge on any atom is -0.457 e. The van der Waals surface area contributed by atoms with E-state index in [-0.39, 0.29) is 5.92 Å². The summed E-state index contributed by atoms with van der Waals surface area (Å²) in [4.78, 5) is 2.36. The van der Waals surface area contributed by atoms with Crippen LogP contribution < -0.4 is 9.64 Å². The third kappa shape index (κ3) is 5.83. The molecule has 1 aliphatic heterocycles. The van der Waals surface area contributed by atoms with Crippen molar-refractivity contribution in [1.82, 2.24) is 0 Å². The maximum Gasteiger partial charge on any atom is 0.135 e. The van der Waals surface area contributed by atoms with E-state index in [1.165, 1.54) is 43.8 Å². The number of nitrogens with zero attached hydrogens (tertiary/aromatic N) is 1. The zero-order valence-corrected chi connectivity index (χ0v) is 32.1. The quantitative estimate of drug-likeness (QED) is 0.159. The minimum atomic E-state index is 0.224. The summed E-state index contributed by atoms with van der Waals surface area (Å²) in [5.41, 5.74) is 11.9. The zero-order chi connectivity index (χ0) is 38.6. The van der Waals surface area contributed by atoms with Crippen molar-refractivity contribution in [2.45, 2.75) is 19.3 Å². The van der Waals surface area contributed by atoms with Crippen LogP contribution in [0.3, 0.4) is 0 Å². The van der Waals surface area contributed by atoms with E-state index in [4.69, 9.17) is 9.15 Å². The Morgan fingerprint density at radius 1 is 0.466 bits per heavy atom. The Kier molecular flexibility index (Phi) is 8.18. The fourth-order valence-electron chi connectivity index (χ4n) is 8.91. The molecular weight excluding hydrogens is 707 g/mol. The predicted octanol–water partition coefficient (Wildman–Crippen LogP) is 15.6. The molecule has 2 heterocycles. The van der Waals surface area contributed by atoms with Crippen LogP contribution in [0.25, 0.3) is 71.5 Å². The molecule has 0 aliphatic carbocycles. The molecule has 9 aromatic carbocycles. The average Bonchev–Trinajstić information content (AvgIpc) is 3.57. The van der Waals surface area contributed by atoms with Gasteiger partial charge in [-0.3, -0.25) is 0 Å². The second-order valence-corrected chi connectivity index (χ2v) is 15.3. The molecule has 276 valence electrons. The van der Waals surface area contributed by atoms with Crippen LogP contribution in [0.5, 0.6) is 5.75 Å². The van der Waals surface area contributed by atoms with Crippen LogP contribution in [0.15, 0.2) is 205 Å². The lowest BCUT2D eigenvalue weighted by atomic mass is 9.92. The van der Waals surface area contributed by atoms with Crippen LogP contribution in [0.4, 0.5) is 17.1 Å². The van der Waals surface area contributed by atoms with E-state index in [0.717, 1.165) is 68.1 Å². The van der Waals surface area contributed by atoms with Crippen molar-refractivity contribution < 1.29 is 9.15 Å². The Bertz CT molecular complexity index is 3180. The van der Waals surface area contributed by atoms with Gasteiger partial charge in [-0.15, -0.1) is 0 Å². The summed E-state index contributed by atoms with van der Waals surface area (Å²) < 4.78 is 13.3. The first-order valence-electron chi connectivity index (χ1n) is 20.1. The van der Waals surface area contributed by atoms with Gasteiger partial charge in [0.1, 0.15) is 22.7 Å². The molecule has 0 spiro atoms. The van der Waals surface area contributed by atoms with Gasteiger partial charge >= 0.3 is 0 Å². The van der Waals surface area contributed by atoms with Gasteiger partial charge in [-0.05, 0) is 123 Å². The maximum atomic E-state index is 6.72. The number of furan rings is 1. The van der Waals surface area contributed by atoms with E-state index < -0.39 is 0 Å². The van der Waals surface area contributed by atoms with Crippen molar-refractivity contribution in [1.29, 1.82) is 0 Å². The van der Waals surface area contributed by atoms with Crippen LogP contribution in [-0.4, -0.2) is 0 Å². The summed E-state index contributed by atoms with van der Waals surface area (Å²) >= 11 is 0. The fraction of sp³-hybridized carbons (Fsp3) is 0.0545. The van der Waals surface area contributed by atoms with Crippen molar-refractivity contribution in [3.8, 4) is 28.0 Å². The lowest BCUT2D eigenvalue weighted by molar-refractivity contribution is 0.511. The molecule has 3 nitrogen and oxygen atoms in total. The van der Waals surface area contributed by atoms with Crippen molar-refractivity contribution >= 4 is 66.3 Å². The van der Waals surface area contributed by atoms with Crippen LogP contribution in [0.2, 0.25) is 0 Å². The Morgan fingerprint density at radius 2 is 1.12 bits per heavy atom. The summed E-state index contributed by atoms with van der Waals surface area (Å²) in [7, 11) is 0. The van der Waals surface area contributed by atoms with Gasteiger partial charge in [-0.2, -0.15) is 0 Å². The molecule has 0 bridgehead atoms. The number of benzene rings is 9. The fourth-order valence-corrected chi connectivity index (χ4v) is 8.91. The highest BCUT2D eigenvalue weighted by Gasteiger charge is 2.25. The SMILES string of the molecule is C[C@@H]1CC=C(c2ccccc2)Oc2ccc3oc4ccc(N(c5ccc(-c6cc7ccccc7c7ccccc67)cc5)c5cccc(-c6ccccc6)c5)cc4c3c21. The summed E-state index contributed by atoms with van der Waals surface area (Å²) in [5.74, 6) is 2.00. The Balaban J connectivity index is 1.07. The van der Waals surface area contributed by atoms with Crippen LogP contribution in [0.1, 0.15) is 30.4 Å². The molecule has 0 amide bonds. The molecule has 11 rings (SSSR count). The summed E-state index contributed by atoms with van der Waals surface area (Å²) in [5, 5.41) is 7.22. The number of anilines is 3. The predicted molar refractivity (Wildman–Crippen MR) is 242 cm³/mol. The second kappa shape index (κ2) is 14.0. The topological polar surface area (TPSA) is 25.6 Å². The van der Waals surface area contributed by atoms with E-state index in [1.54, 1.807) is 0 Å². The molecule has 1 aliphatic rings. The molecule has 1 atom stereocenters. The van der Waals surface area contributed by atoms with Gasteiger partial charge in [0.25, 0.3) is 0 Å². The highest BCUT2D eigenvalue weighted by Crippen LogP contribution is 2.47. The molecule has 0 saturated heterocycles. The zero-order valence-electron chi connectivity index (χ0n) is 32.1. The molecule has 10 aromatic rings. The standard InChI is InChI=1S/C55H39NO2/c1-36-23-29-50(39-15-6-3-7-16-39)57-52-31-32-53-55(54(36)52)49-35-44(28-30-51(49)58-53)56(43-19-12-18-40(33-43)37-13-4-2-5-14-37)42-26-24-38(25-27-42)48-34-41-17-8-9-20-45(41)46-21-10-11-22-47(46)48/h2-22,24-36H,23H2,1H3/t36-/m1/s1. The van der Waals surface area contributed by atoms with Crippen molar-refractivity contribution in [3.63, 3.8) is 0 Å². The molecule has 0 radical (unpaired) electrons. The van der Waals surface area contributed by atoms with Gasteiger partial charge in [0, 0.05) is 39.0 Å². The molecule has 0 saturated carbocycles. The second-order valence-electron chi connectivity index (χ2n) is 15.3. The number of ether oxygens (including phenoxy) is 1. The van der Waals surface area contributed by atoms with Gasteiger partial charge < -0.3 is 14.1 Å². The first kappa shape index (κ1) is 33.9. The summed E-state index contributed by atoms with van der Waals surface area (Å²) in [6.45, 7) is 2.29. The van der Waals surface area contributed by atoms with E-state index in [9.17, 15) is 0 Å². The van der Waals surface area contributed by atoms with Gasteiger partial charge in [0.05, 0.1) is 0 Å². The lowest BCUT2D eigenvalue weighted by Gasteiger charge is -2.26. The van der Waals surface area contributed by atoms with Crippen molar-refractivity contribution in [2.75, 3.05) is 4.90 Å². The smallest absolute Gasteiger partial charge is 0.135 e. The van der Waals surface area contributed by atoms with E-state index >= 15 is 0 Å². The number of hydrogen-bond acceptors (Lipinski definition) is 3. The van der Waals surface area contributed by atoms with Crippen molar-refractivity contribution in [2.24, 2.45) is 0 Å². The van der Waals surface area contributed by atoms with Crippen molar-refractivity contribution in [3.05, 3.63) is 211 Å². The molecule has 0 N–H and O–H groups in total. The first-order valence-corrected chi connectivity index (χ1v) is 20.1. The van der Waals surface area contributed by atoms with Crippen LogP contribution >= 0.6 is 0 Å². The monoisotopic (exact) mass is 745 g/mol. The first-order chi connectivity index (χ1) is 28.7. The molecule has 0 fully saturated rings. The van der Waals surface area contributed by atoms with Gasteiger partial charge in [-0.1, -0.05) is 140 Å². The minimum absolute atomic E-state index is 0.224. The van der Waals surface area contributed by atoms with Crippen LogP contribution in [-0.2, 0) is 0 Å². The van der Waals surface area contributed by atoms with E-state index in [1.807, 2.05) is 6.07 Å². The molecule has 0 unspecified atom stereocenters. The van der Waals surface area contributed by atoms with E-state index in [2.05, 4.69) is 206 Å². The Morgan fingerprint density at radius 3 is 1.93 bits per heavy atom. The number of hydrogen-bond donors (Lipinski definition) is 0. The van der Waals surface area contributed by atoms with Gasteiger partial charge in [0.2, 0.25) is 0 Å². The van der Waals surface area contributed by atoms with Gasteiger partial charge in [0.15, 0.2) is 0 Å². The Hall–Kier alpha value is -7.36. The number of allylic oxidation sites excluding steroid dienone is 1. The Labute approximate surface area is 337 Å². The molecular formula is C55H39NO2. The third-order valence-electron chi connectivity index (χ3n) is 11.7. The lowest BCUT2D eigenvalue weighted by Crippen LogP contribution is -2.10. The van der Waals surface area contributed by atoms with Gasteiger partial charge in [-0.25, -0.2) is 0 Å². The molecule has 58 heavy (non-hydrogen) atoms. The summed E-state index contributed by atoms with van der Waals surface area (Å²) in [6.07, 6.45) is 3.09.